The van der Waals surface area contributed by atoms with E-state index in [1.165, 1.54) is 6.20 Å². The van der Waals surface area contributed by atoms with Gasteiger partial charge >= 0.3 is 0 Å². The molecule has 0 fully saturated rings. The first-order valence-corrected chi connectivity index (χ1v) is 8.77. The Hall–Kier alpha value is -2.93. The van der Waals surface area contributed by atoms with Crippen LogP contribution in [0.2, 0.25) is 0 Å². The Bertz CT molecular complexity index is 938. The molecule has 0 bridgehead atoms. The number of halogens is 1. The molecular weight excluding hydrogens is 396 g/mol. The van der Waals surface area contributed by atoms with Crippen LogP contribution in [0.25, 0.3) is 11.3 Å². The van der Waals surface area contributed by atoms with E-state index in [-0.39, 0.29) is 18.4 Å². The SMILES string of the molecule is Cc1cc(NC(=O)CNC(=O)c2cn[nH]c2-c2ccccc2)ccc1Br. The number of carbonyl (C=O) groups excluding carboxylic acids is 2. The molecule has 0 radical (unpaired) electrons. The van der Waals surface area contributed by atoms with Crippen molar-refractivity contribution in [3.05, 3.63) is 70.3 Å². The second-order valence-corrected chi connectivity index (χ2v) is 6.57. The number of aromatic nitrogens is 2. The largest absolute Gasteiger partial charge is 0.343 e. The number of nitrogens with zero attached hydrogens (tertiary/aromatic N) is 1. The molecule has 3 aromatic rings. The number of carbonyl (C=O) groups is 2. The molecule has 0 saturated carbocycles. The summed E-state index contributed by atoms with van der Waals surface area (Å²) in [5.41, 5.74) is 3.55. The minimum atomic E-state index is -0.361. The highest BCUT2D eigenvalue weighted by atomic mass is 79.9. The minimum Gasteiger partial charge on any atom is -0.343 e. The Kier molecular flexibility index (Phi) is 5.48. The van der Waals surface area contributed by atoms with E-state index in [4.69, 9.17) is 0 Å². The maximum Gasteiger partial charge on any atom is 0.255 e. The fourth-order valence-electron chi connectivity index (χ4n) is 2.47. The van der Waals surface area contributed by atoms with Crippen LogP contribution in [0.4, 0.5) is 5.69 Å². The monoisotopic (exact) mass is 412 g/mol. The molecule has 26 heavy (non-hydrogen) atoms. The Morgan fingerprint density at radius 3 is 2.65 bits per heavy atom. The second kappa shape index (κ2) is 7.97. The molecule has 0 aliphatic carbocycles. The number of H-pyrrole nitrogens is 1. The van der Waals surface area contributed by atoms with Crippen molar-refractivity contribution in [3.8, 4) is 11.3 Å². The molecule has 0 saturated heterocycles. The van der Waals surface area contributed by atoms with Crippen LogP contribution in [0.3, 0.4) is 0 Å². The van der Waals surface area contributed by atoms with Crippen molar-refractivity contribution in [3.63, 3.8) is 0 Å². The third-order valence-corrected chi connectivity index (χ3v) is 4.69. The van der Waals surface area contributed by atoms with Crippen LogP contribution in [0.15, 0.2) is 59.2 Å². The van der Waals surface area contributed by atoms with Crippen LogP contribution in [0.1, 0.15) is 15.9 Å². The van der Waals surface area contributed by atoms with Crippen LogP contribution in [0.5, 0.6) is 0 Å². The molecule has 2 aromatic carbocycles. The number of nitrogens with one attached hydrogen (secondary N) is 3. The van der Waals surface area contributed by atoms with Crippen LogP contribution in [-0.4, -0.2) is 28.6 Å². The lowest BCUT2D eigenvalue weighted by atomic mass is 10.1. The molecule has 0 spiro atoms. The standard InChI is InChI=1S/C19H17BrN4O2/c1-12-9-14(7-8-16(12)20)23-17(25)11-21-19(26)15-10-22-24-18(15)13-5-3-2-4-6-13/h2-10H,11H2,1H3,(H,21,26)(H,22,24)(H,23,25). The van der Waals surface area contributed by atoms with Gasteiger partial charge in [-0.2, -0.15) is 5.10 Å². The lowest BCUT2D eigenvalue weighted by Gasteiger charge is -2.08. The lowest BCUT2D eigenvalue weighted by molar-refractivity contribution is -0.115. The molecule has 1 aromatic heterocycles. The first-order valence-electron chi connectivity index (χ1n) is 7.97. The Morgan fingerprint density at radius 2 is 1.92 bits per heavy atom. The molecule has 3 N–H and O–H groups in total. The number of amides is 2. The van der Waals surface area contributed by atoms with Crippen molar-refractivity contribution >= 4 is 33.4 Å². The average molecular weight is 413 g/mol. The van der Waals surface area contributed by atoms with E-state index in [9.17, 15) is 9.59 Å². The number of hydrogen-bond acceptors (Lipinski definition) is 3. The molecule has 0 unspecified atom stereocenters. The number of hydrogen-bond donors (Lipinski definition) is 3. The van der Waals surface area contributed by atoms with Gasteiger partial charge in [0.25, 0.3) is 5.91 Å². The van der Waals surface area contributed by atoms with E-state index in [0.717, 1.165) is 15.6 Å². The minimum absolute atomic E-state index is 0.132. The molecule has 7 heteroatoms. The summed E-state index contributed by atoms with van der Waals surface area (Å²) < 4.78 is 0.970. The molecule has 6 nitrogen and oxygen atoms in total. The topological polar surface area (TPSA) is 86.9 Å². The Labute approximate surface area is 159 Å². The van der Waals surface area contributed by atoms with Gasteiger partial charge in [0.15, 0.2) is 0 Å². The fourth-order valence-corrected chi connectivity index (χ4v) is 2.71. The van der Waals surface area contributed by atoms with Crippen LogP contribution < -0.4 is 10.6 Å². The van der Waals surface area contributed by atoms with E-state index in [0.29, 0.717) is 16.9 Å². The molecule has 0 aliphatic rings. The summed E-state index contributed by atoms with van der Waals surface area (Å²) >= 11 is 3.41. The van der Waals surface area contributed by atoms with Gasteiger partial charge in [-0.15, -0.1) is 0 Å². The molecule has 1 heterocycles. The van der Waals surface area contributed by atoms with Crippen molar-refractivity contribution in [1.82, 2.24) is 15.5 Å². The summed E-state index contributed by atoms with van der Waals surface area (Å²) in [5.74, 6) is -0.662. The predicted molar refractivity (Wildman–Crippen MR) is 104 cm³/mol. The Balaban J connectivity index is 1.62. The van der Waals surface area contributed by atoms with Gasteiger partial charge in [-0.3, -0.25) is 14.7 Å². The highest BCUT2D eigenvalue weighted by Crippen LogP contribution is 2.21. The maximum atomic E-state index is 12.4. The van der Waals surface area contributed by atoms with Crippen LogP contribution >= 0.6 is 15.9 Å². The number of benzene rings is 2. The molecule has 2 amide bonds. The molecule has 0 atom stereocenters. The summed E-state index contributed by atoms with van der Waals surface area (Å²) in [6, 6.07) is 14.9. The summed E-state index contributed by atoms with van der Waals surface area (Å²) in [7, 11) is 0. The van der Waals surface area contributed by atoms with E-state index in [2.05, 4.69) is 36.8 Å². The van der Waals surface area contributed by atoms with Crippen molar-refractivity contribution in [2.75, 3.05) is 11.9 Å². The lowest BCUT2D eigenvalue weighted by Crippen LogP contribution is -2.32. The summed E-state index contributed by atoms with van der Waals surface area (Å²) in [6.45, 7) is 1.80. The molecule has 0 aliphatic heterocycles. The molecular formula is C19H17BrN4O2. The van der Waals surface area contributed by atoms with E-state index >= 15 is 0 Å². The zero-order valence-electron chi connectivity index (χ0n) is 14.0. The number of aromatic amines is 1. The molecule has 3 rings (SSSR count). The summed E-state index contributed by atoms with van der Waals surface area (Å²) in [5, 5.41) is 12.1. The third kappa shape index (κ3) is 4.18. The number of anilines is 1. The highest BCUT2D eigenvalue weighted by molar-refractivity contribution is 9.10. The van der Waals surface area contributed by atoms with Gasteiger partial charge in [-0.25, -0.2) is 0 Å². The summed E-state index contributed by atoms with van der Waals surface area (Å²) in [6.07, 6.45) is 1.45. The maximum absolute atomic E-state index is 12.4. The number of rotatable bonds is 5. The van der Waals surface area contributed by atoms with Crippen molar-refractivity contribution in [2.24, 2.45) is 0 Å². The van der Waals surface area contributed by atoms with Gasteiger partial charge < -0.3 is 10.6 Å². The predicted octanol–water partition coefficient (Wildman–Crippen LogP) is 3.52. The first-order chi connectivity index (χ1) is 12.5. The molecule has 132 valence electrons. The smallest absolute Gasteiger partial charge is 0.255 e. The van der Waals surface area contributed by atoms with Gasteiger partial charge in [0.1, 0.15) is 0 Å². The van der Waals surface area contributed by atoms with Gasteiger partial charge in [0.05, 0.1) is 24.0 Å². The number of aryl methyl sites for hydroxylation is 1. The van der Waals surface area contributed by atoms with Crippen LogP contribution in [-0.2, 0) is 4.79 Å². The zero-order valence-corrected chi connectivity index (χ0v) is 15.6. The first kappa shape index (κ1) is 17.9. The van der Waals surface area contributed by atoms with Crippen LogP contribution in [0, 0.1) is 6.92 Å². The van der Waals surface area contributed by atoms with Gasteiger partial charge in [0, 0.05) is 15.7 Å². The van der Waals surface area contributed by atoms with E-state index < -0.39 is 0 Å². The van der Waals surface area contributed by atoms with E-state index in [1.54, 1.807) is 6.07 Å². The zero-order chi connectivity index (χ0) is 18.5. The van der Waals surface area contributed by atoms with E-state index in [1.807, 2.05) is 49.4 Å². The van der Waals surface area contributed by atoms with Crippen molar-refractivity contribution in [1.29, 1.82) is 0 Å². The fraction of sp³-hybridized carbons (Fsp3) is 0.105. The van der Waals surface area contributed by atoms with Crippen molar-refractivity contribution in [2.45, 2.75) is 6.92 Å². The van der Waals surface area contributed by atoms with Gasteiger partial charge in [-0.05, 0) is 30.7 Å². The highest BCUT2D eigenvalue weighted by Gasteiger charge is 2.16. The average Bonchev–Trinajstić information content (AvgIpc) is 3.13. The summed E-state index contributed by atoms with van der Waals surface area (Å²) in [4.78, 5) is 24.5. The quantitative estimate of drug-likeness (QED) is 0.598. The third-order valence-electron chi connectivity index (χ3n) is 3.80. The Morgan fingerprint density at radius 1 is 1.15 bits per heavy atom. The normalized spacial score (nSPS) is 10.4. The van der Waals surface area contributed by atoms with Crippen molar-refractivity contribution < 1.29 is 9.59 Å². The van der Waals surface area contributed by atoms with Gasteiger partial charge in [0.2, 0.25) is 5.91 Å². The van der Waals surface area contributed by atoms with Gasteiger partial charge in [-0.1, -0.05) is 46.3 Å². The second-order valence-electron chi connectivity index (χ2n) is 5.72.